The van der Waals surface area contributed by atoms with E-state index in [1.807, 2.05) is 11.8 Å². The first kappa shape index (κ1) is 14.4. The molecular formula is C14H29NS. The van der Waals surface area contributed by atoms with Crippen LogP contribution in [0.1, 0.15) is 65.2 Å². The van der Waals surface area contributed by atoms with Gasteiger partial charge in [0.1, 0.15) is 0 Å². The van der Waals surface area contributed by atoms with E-state index in [0.29, 0.717) is 0 Å². The summed E-state index contributed by atoms with van der Waals surface area (Å²) in [6.45, 7) is 4.53. The van der Waals surface area contributed by atoms with Crippen LogP contribution in [0.25, 0.3) is 0 Å². The molecule has 1 fully saturated rings. The van der Waals surface area contributed by atoms with Crippen LogP contribution in [0.3, 0.4) is 0 Å². The van der Waals surface area contributed by atoms with Crippen molar-refractivity contribution in [3.8, 4) is 0 Å². The van der Waals surface area contributed by atoms with Crippen LogP contribution in [0.2, 0.25) is 0 Å². The van der Waals surface area contributed by atoms with E-state index in [2.05, 4.69) is 13.8 Å². The monoisotopic (exact) mass is 243 g/mol. The average Bonchev–Trinajstić information content (AvgIpc) is 2.29. The molecule has 16 heavy (non-hydrogen) atoms. The summed E-state index contributed by atoms with van der Waals surface area (Å²) in [7, 11) is 0. The normalized spacial score (nSPS) is 30.6. The van der Waals surface area contributed by atoms with Crippen LogP contribution in [0.4, 0.5) is 0 Å². The Labute approximate surface area is 106 Å². The van der Waals surface area contributed by atoms with Gasteiger partial charge in [-0.3, -0.25) is 0 Å². The summed E-state index contributed by atoms with van der Waals surface area (Å²) < 4.78 is 0. The van der Waals surface area contributed by atoms with Crippen molar-refractivity contribution in [2.75, 3.05) is 11.5 Å². The summed E-state index contributed by atoms with van der Waals surface area (Å²) in [6.07, 6.45) is 10.6. The van der Waals surface area contributed by atoms with E-state index in [0.717, 1.165) is 5.92 Å². The first-order valence-electron chi connectivity index (χ1n) is 7.07. The van der Waals surface area contributed by atoms with Crippen LogP contribution < -0.4 is 5.73 Å². The van der Waals surface area contributed by atoms with Gasteiger partial charge in [-0.2, -0.15) is 11.8 Å². The molecule has 2 heteroatoms. The molecular weight excluding hydrogens is 214 g/mol. The van der Waals surface area contributed by atoms with Crippen molar-refractivity contribution in [2.24, 2.45) is 11.7 Å². The van der Waals surface area contributed by atoms with Gasteiger partial charge < -0.3 is 5.73 Å². The third kappa shape index (κ3) is 5.09. The molecule has 0 saturated heterocycles. The van der Waals surface area contributed by atoms with Gasteiger partial charge in [0.2, 0.25) is 0 Å². The molecule has 0 amide bonds. The maximum atomic E-state index is 6.49. The zero-order valence-corrected chi connectivity index (χ0v) is 12.0. The Bertz CT molecular complexity index is 168. The van der Waals surface area contributed by atoms with E-state index in [4.69, 9.17) is 5.73 Å². The largest absolute Gasteiger partial charge is 0.325 e. The summed E-state index contributed by atoms with van der Waals surface area (Å²) in [5.74, 6) is 3.52. The molecule has 0 aromatic rings. The van der Waals surface area contributed by atoms with Crippen molar-refractivity contribution in [1.82, 2.24) is 0 Å². The lowest BCUT2D eigenvalue weighted by atomic mass is 9.74. The quantitative estimate of drug-likeness (QED) is 0.678. The number of rotatable bonds is 7. The van der Waals surface area contributed by atoms with Crippen molar-refractivity contribution in [3.05, 3.63) is 0 Å². The minimum absolute atomic E-state index is 0.193. The fraction of sp³-hybridized carbons (Fsp3) is 1.00. The van der Waals surface area contributed by atoms with Crippen LogP contribution in [-0.4, -0.2) is 17.0 Å². The van der Waals surface area contributed by atoms with Gasteiger partial charge in [0, 0.05) is 5.54 Å². The molecule has 1 aliphatic carbocycles. The highest BCUT2D eigenvalue weighted by Gasteiger charge is 2.30. The number of thioether (sulfide) groups is 1. The maximum Gasteiger partial charge on any atom is 0.0154 e. The fourth-order valence-corrected chi connectivity index (χ4v) is 3.51. The third-order valence-electron chi connectivity index (χ3n) is 3.97. The van der Waals surface area contributed by atoms with Crippen LogP contribution in [0.15, 0.2) is 0 Å². The zero-order chi connectivity index (χ0) is 11.9. The Morgan fingerprint density at radius 1 is 1.25 bits per heavy atom. The van der Waals surface area contributed by atoms with Gasteiger partial charge in [0.25, 0.3) is 0 Å². The molecule has 0 atom stereocenters. The molecule has 0 aromatic carbocycles. The lowest BCUT2D eigenvalue weighted by molar-refractivity contribution is 0.213. The Kier molecular flexibility index (Phi) is 6.83. The molecule has 2 N–H and O–H groups in total. The molecule has 0 aliphatic heterocycles. The number of nitrogens with two attached hydrogens (primary N) is 1. The molecule has 1 rings (SSSR count). The maximum absolute atomic E-state index is 6.49. The van der Waals surface area contributed by atoms with Gasteiger partial charge in [-0.25, -0.2) is 0 Å². The van der Waals surface area contributed by atoms with E-state index in [9.17, 15) is 0 Å². The van der Waals surface area contributed by atoms with Gasteiger partial charge in [-0.05, 0) is 55.9 Å². The highest BCUT2D eigenvalue weighted by molar-refractivity contribution is 7.99. The fourth-order valence-electron chi connectivity index (χ4n) is 2.87. The molecule has 0 heterocycles. The summed E-state index contributed by atoms with van der Waals surface area (Å²) in [5.41, 5.74) is 6.68. The summed E-state index contributed by atoms with van der Waals surface area (Å²) in [6, 6.07) is 0. The minimum atomic E-state index is 0.193. The summed E-state index contributed by atoms with van der Waals surface area (Å²) >= 11 is 2.05. The van der Waals surface area contributed by atoms with E-state index in [1.54, 1.807) is 0 Å². The summed E-state index contributed by atoms with van der Waals surface area (Å²) in [4.78, 5) is 0. The summed E-state index contributed by atoms with van der Waals surface area (Å²) in [5, 5.41) is 0. The van der Waals surface area contributed by atoms with Crippen LogP contribution in [-0.2, 0) is 0 Å². The SMILES string of the molecule is CCCC1CCC(N)(CCCSCC)CC1. The van der Waals surface area contributed by atoms with Gasteiger partial charge >= 0.3 is 0 Å². The first-order chi connectivity index (χ1) is 7.70. The van der Waals surface area contributed by atoms with Crippen molar-refractivity contribution in [3.63, 3.8) is 0 Å². The van der Waals surface area contributed by atoms with Crippen LogP contribution in [0.5, 0.6) is 0 Å². The second-order valence-electron chi connectivity index (χ2n) is 5.39. The van der Waals surface area contributed by atoms with E-state index >= 15 is 0 Å². The average molecular weight is 243 g/mol. The Hall–Kier alpha value is 0.310. The smallest absolute Gasteiger partial charge is 0.0154 e. The first-order valence-corrected chi connectivity index (χ1v) is 8.22. The lowest BCUT2D eigenvalue weighted by Gasteiger charge is -2.37. The third-order valence-corrected chi connectivity index (χ3v) is 4.95. The molecule has 96 valence electrons. The highest BCUT2D eigenvalue weighted by Crippen LogP contribution is 2.35. The lowest BCUT2D eigenvalue weighted by Crippen LogP contribution is -2.43. The second kappa shape index (κ2) is 7.60. The van der Waals surface area contributed by atoms with Gasteiger partial charge in [-0.15, -0.1) is 0 Å². The highest BCUT2D eigenvalue weighted by atomic mass is 32.2. The van der Waals surface area contributed by atoms with E-state index < -0.39 is 0 Å². The van der Waals surface area contributed by atoms with Gasteiger partial charge in [-0.1, -0.05) is 26.7 Å². The molecule has 0 bridgehead atoms. The number of hydrogen-bond acceptors (Lipinski definition) is 2. The predicted molar refractivity (Wildman–Crippen MR) is 76.0 cm³/mol. The molecule has 0 spiro atoms. The van der Waals surface area contributed by atoms with Gasteiger partial charge in [0.15, 0.2) is 0 Å². The van der Waals surface area contributed by atoms with Crippen LogP contribution >= 0.6 is 11.8 Å². The second-order valence-corrected chi connectivity index (χ2v) is 6.79. The standard InChI is InChI=1S/C14H29NS/c1-3-6-13-7-10-14(15,11-8-13)9-5-12-16-4-2/h13H,3-12,15H2,1-2H3. The Morgan fingerprint density at radius 3 is 2.50 bits per heavy atom. The Morgan fingerprint density at radius 2 is 1.94 bits per heavy atom. The van der Waals surface area contributed by atoms with Crippen molar-refractivity contribution in [2.45, 2.75) is 70.8 Å². The molecule has 0 aromatic heterocycles. The van der Waals surface area contributed by atoms with E-state index in [1.165, 1.54) is 62.9 Å². The minimum Gasteiger partial charge on any atom is -0.325 e. The topological polar surface area (TPSA) is 26.0 Å². The van der Waals surface area contributed by atoms with Gasteiger partial charge in [0.05, 0.1) is 0 Å². The molecule has 1 aliphatic rings. The van der Waals surface area contributed by atoms with Crippen molar-refractivity contribution >= 4 is 11.8 Å². The molecule has 1 nitrogen and oxygen atoms in total. The number of hydrogen-bond donors (Lipinski definition) is 1. The van der Waals surface area contributed by atoms with Crippen molar-refractivity contribution < 1.29 is 0 Å². The predicted octanol–water partition coefficient (Wildman–Crippen LogP) is 4.21. The molecule has 0 unspecified atom stereocenters. The Balaban J connectivity index is 2.16. The van der Waals surface area contributed by atoms with Crippen molar-refractivity contribution in [1.29, 1.82) is 0 Å². The van der Waals surface area contributed by atoms with E-state index in [-0.39, 0.29) is 5.54 Å². The zero-order valence-electron chi connectivity index (χ0n) is 11.1. The van der Waals surface area contributed by atoms with Crippen LogP contribution in [0, 0.1) is 5.92 Å². The molecule has 1 saturated carbocycles. The molecule has 0 radical (unpaired) electrons.